The van der Waals surface area contributed by atoms with Crippen LogP contribution in [0.4, 0.5) is 0 Å². The van der Waals surface area contributed by atoms with Crippen LogP contribution in [0.15, 0.2) is 18.2 Å². The maximum atomic E-state index is 13.3. The van der Waals surface area contributed by atoms with Crippen LogP contribution in [0, 0.1) is 5.92 Å². The number of ether oxygens (including phenoxy) is 3. The quantitative estimate of drug-likeness (QED) is 0.750. The molecule has 2 heterocycles. The van der Waals surface area contributed by atoms with Crippen molar-refractivity contribution >= 4 is 5.91 Å². The Balaban J connectivity index is 1.45. The lowest BCUT2D eigenvalue weighted by Crippen LogP contribution is -2.55. The molecular formula is C22H32N2O4. The van der Waals surface area contributed by atoms with Gasteiger partial charge in [0.2, 0.25) is 0 Å². The first-order valence-corrected chi connectivity index (χ1v) is 10.6. The summed E-state index contributed by atoms with van der Waals surface area (Å²) in [5.41, 5.74) is 1.06. The summed E-state index contributed by atoms with van der Waals surface area (Å²) in [6, 6.07) is 6.61. The summed E-state index contributed by atoms with van der Waals surface area (Å²) < 4.78 is 17.2. The van der Waals surface area contributed by atoms with E-state index < -0.39 is 0 Å². The van der Waals surface area contributed by atoms with Gasteiger partial charge in [0, 0.05) is 32.2 Å². The van der Waals surface area contributed by atoms with Crippen LogP contribution < -0.4 is 9.47 Å². The second-order valence-corrected chi connectivity index (χ2v) is 8.53. The molecule has 1 atom stereocenters. The molecule has 2 aliphatic heterocycles. The number of carbonyl (C=O) groups is 1. The predicted octanol–water partition coefficient (Wildman–Crippen LogP) is 2.70. The van der Waals surface area contributed by atoms with Crippen molar-refractivity contribution < 1.29 is 19.0 Å². The van der Waals surface area contributed by atoms with Crippen LogP contribution in [0.3, 0.4) is 0 Å². The highest BCUT2D eigenvalue weighted by Crippen LogP contribution is 2.31. The van der Waals surface area contributed by atoms with E-state index in [9.17, 15) is 4.79 Å². The van der Waals surface area contributed by atoms with Crippen molar-refractivity contribution in [3.05, 3.63) is 23.8 Å². The molecule has 1 aromatic carbocycles. The third kappa shape index (κ3) is 4.44. The van der Waals surface area contributed by atoms with Crippen molar-refractivity contribution in [2.75, 3.05) is 39.5 Å². The van der Waals surface area contributed by atoms with E-state index in [1.807, 2.05) is 23.1 Å². The van der Waals surface area contributed by atoms with E-state index in [1.54, 1.807) is 0 Å². The molecule has 6 nitrogen and oxygen atoms in total. The standard InChI is InChI=1S/C22H32N2O4/c1-16(2)13-24(14-17-6-7-19-20(12-17)28-11-10-27-19)22(25)21-15-23(8-9-26-21)18-4-3-5-18/h6-7,12,16,18,21H,3-5,8-11,13-15H2,1-2H3. The van der Waals surface area contributed by atoms with Crippen LogP contribution >= 0.6 is 0 Å². The van der Waals surface area contributed by atoms with Gasteiger partial charge in [-0.3, -0.25) is 9.69 Å². The first-order valence-electron chi connectivity index (χ1n) is 10.6. The first kappa shape index (κ1) is 19.5. The van der Waals surface area contributed by atoms with Gasteiger partial charge in [-0.25, -0.2) is 0 Å². The van der Waals surface area contributed by atoms with E-state index in [4.69, 9.17) is 14.2 Å². The Kier molecular flexibility index (Phi) is 6.07. The number of amides is 1. The molecule has 1 saturated heterocycles. The SMILES string of the molecule is CC(C)CN(Cc1ccc2c(c1)OCCO2)C(=O)C1CN(C2CCC2)CCO1. The maximum absolute atomic E-state index is 13.3. The molecule has 1 aliphatic carbocycles. The van der Waals surface area contributed by atoms with Gasteiger partial charge in [0.25, 0.3) is 5.91 Å². The number of morpholine rings is 1. The lowest BCUT2D eigenvalue weighted by atomic mass is 9.91. The summed E-state index contributed by atoms with van der Waals surface area (Å²) in [6.07, 6.45) is 3.47. The molecule has 0 radical (unpaired) electrons. The highest BCUT2D eigenvalue weighted by Gasteiger charge is 2.35. The van der Waals surface area contributed by atoms with Crippen molar-refractivity contribution in [3.8, 4) is 11.5 Å². The molecule has 3 aliphatic rings. The number of carbonyl (C=O) groups excluding carboxylic acids is 1. The zero-order valence-electron chi connectivity index (χ0n) is 17.1. The monoisotopic (exact) mass is 388 g/mol. The molecule has 0 bridgehead atoms. The first-order chi connectivity index (χ1) is 13.6. The van der Waals surface area contributed by atoms with Crippen LogP contribution in [0.2, 0.25) is 0 Å². The van der Waals surface area contributed by atoms with Gasteiger partial charge in [0.05, 0.1) is 6.61 Å². The average molecular weight is 389 g/mol. The van der Waals surface area contributed by atoms with E-state index in [1.165, 1.54) is 19.3 Å². The fourth-order valence-corrected chi connectivity index (χ4v) is 4.19. The minimum Gasteiger partial charge on any atom is -0.486 e. The van der Waals surface area contributed by atoms with Crippen LogP contribution in [-0.2, 0) is 16.1 Å². The molecule has 1 unspecified atom stereocenters. The minimum atomic E-state index is -0.356. The summed E-state index contributed by atoms with van der Waals surface area (Å²) in [7, 11) is 0. The summed E-state index contributed by atoms with van der Waals surface area (Å²) in [5, 5.41) is 0. The van der Waals surface area contributed by atoms with Gasteiger partial charge in [-0.1, -0.05) is 26.3 Å². The Morgan fingerprint density at radius 1 is 1.18 bits per heavy atom. The van der Waals surface area contributed by atoms with Crippen LogP contribution in [-0.4, -0.2) is 67.3 Å². The number of hydrogen-bond acceptors (Lipinski definition) is 5. The number of benzene rings is 1. The van der Waals surface area contributed by atoms with Crippen LogP contribution in [0.1, 0.15) is 38.7 Å². The molecular weight excluding hydrogens is 356 g/mol. The largest absolute Gasteiger partial charge is 0.486 e. The van der Waals surface area contributed by atoms with E-state index in [0.717, 1.165) is 36.7 Å². The highest BCUT2D eigenvalue weighted by atomic mass is 16.6. The Labute approximate surface area is 167 Å². The zero-order chi connectivity index (χ0) is 19.5. The normalized spacial score (nSPS) is 22.8. The Bertz CT molecular complexity index is 689. The highest BCUT2D eigenvalue weighted by molar-refractivity contribution is 5.81. The molecule has 28 heavy (non-hydrogen) atoms. The van der Waals surface area contributed by atoms with Crippen molar-refractivity contribution in [1.29, 1.82) is 0 Å². The van der Waals surface area contributed by atoms with Gasteiger partial charge >= 0.3 is 0 Å². The lowest BCUT2D eigenvalue weighted by Gasteiger charge is -2.42. The molecule has 6 heteroatoms. The number of rotatable bonds is 6. The molecule has 4 rings (SSSR count). The molecule has 1 amide bonds. The predicted molar refractivity (Wildman–Crippen MR) is 107 cm³/mol. The summed E-state index contributed by atoms with van der Waals surface area (Å²) >= 11 is 0. The summed E-state index contributed by atoms with van der Waals surface area (Å²) in [5.74, 6) is 2.05. The molecule has 0 aromatic heterocycles. The maximum Gasteiger partial charge on any atom is 0.253 e. The Morgan fingerprint density at radius 2 is 1.96 bits per heavy atom. The van der Waals surface area contributed by atoms with Gasteiger partial charge in [-0.15, -0.1) is 0 Å². The molecule has 0 N–H and O–H groups in total. The Hall–Kier alpha value is -1.79. The van der Waals surface area contributed by atoms with Gasteiger partial charge in [0.15, 0.2) is 11.5 Å². The van der Waals surface area contributed by atoms with Crippen molar-refractivity contribution in [2.24, 2.45) is 5.92 Å². The second kappa shape index (κ2) is 8.70. The zero-order valence-corrected chi connectivity index (χ0v) is 17.1. The van der Waals surface area contributed by atoms with E-state index in [2.05, 4.69) is 18.7 Å². The average Bonchev–Trinajstić information content (AvgIpc) is 2.65. The van der Waals surface area contributed by atoms with Gasteiger partial charge in [-0.05, 0) is 36.5 Å². The van der Waals surface area contributed by atoms with Crippen LogP contribution in [0.5, 0.6) is 11.5 Å². The number of hydrogen-bond donors (Lipinski definition) is 0. The molecule has 1 saturated carbocycles. The smallest absolute Gasteiger partial charge is 0.253 e. The van der Waals surface area contributed by atoms with Crippen molar-refractivity contribution in [3.63, 3.8) is 0 Å². The topological polar surface area (TPSA) is 51.2 Å². The lowest BCUT2D eigenvalue weighted by molar-refractivity contribution is -0.152. The van der Waals surface area contributed by atoms with Gasteiger partial charge < -0.3 is 19.1 Å². The minimum absolute atomic E-state index is 0.104. The van der Waals surface area contributed by atoms with Crippen molar-refractivity contribution in [1.82, 2.24) is 9.80 Å². The van der Waals surface area contributed by atoms with Crippen LogP contribution in [0.25, 0.3) is 0 Å². The van der Waals surface area contributed by atoms with Crippen molar-refractivity contribution in [2.45, 2.75) is 51.8 Å². The summed E-state index contributed by atoms with van der Waals surface area (Å²) in [4.78, 5) is 17.7. The fourth-order valence-electron chi connectivity index (χ4n) is 4.19. The molecule has 1 aromatic rings. The number of nitrogens with zero attached hydrogens (tertiary/aromatic N) is 2. The van der Waals surface area contributed by atoms with Gasteiger partial charge in [-0.2, -0.15) is 0 Å². The molecule has 154 valence electrons. The fraction of sp³-hybridized carbons (Fsp3) is 0.682. The third-order valence-electron chi connectivity index (χ3n) is 5.84. The molecule has 2 fully saturated rings. The number of fused-ring (bicyclic) bond motifs is 1. The summed E-state index contributed by atoms with van der Waals surface area (Å²) in [6.45, 7) is 9.04. The van der Waals surface area contributed by atoms with E-state index in [0.29, 0.717) is 38.3 Å². The second-order valence-electron chi connectivity index (χ2n) is 8.53. The molecule has 0 spiro atoms. The van der Waals surface area contributed by atoms with E-state index in [-0.39, 0.29) is 12.0 Å². The van der Waals surface area contributed by atoms with E-state index >= 15 is 0 Å². The van der Waals surface area contributed by atoms with Gasteiger partial charge in [0.1, 0.15) is 19.3 Å². The third-order valence-corrected chi connectivity index (χ3v) is 5.84. The Morgan fingerprint density at radius 3 is 2.68 bits per heavy atom.